The van der Waals surface area contributed by atoms with Gasteiger partial charge in [-0.25, -0.2) is 8.42 Å². The van der Waals surface area contributed by atoms with Crippen molar-refractivity contribution < 1.29 is 32.2 Å². The number of ether oxygens (including phenoxy) is 3. The van der Waals surface area contributed by atoms with E-state index in [0.717, 1.165) is 21.0 Å². The fraction of sp³-hybridized carbons (Fsp3) is 0.316. The van der Waals surface area contributed by atoms with Crippen LogP contribution in [0.3, 0.4) is 0 Å². The third-order valence-corrected chi connectivity index (χ3v) is 10.4. The summed E-state index contributed by atoms with van der Waals surface area (Å²) in [6.07, 6.45) is 0.880. The molecule has 0 saturated heterocycles. The number of anilines is 1. The summed E-state index contributed by atoms with van der Waals surface area (Å²) in [6.45, 7) is 5.18. The molecule has 0 fully saturated rings. The lowest BCUT2D eigenvalue weighted by molar-refractivity contribution is -0.140. The number of rotatable bonds is 16. The second-order valence-corrected chi connectivity index (χ2v) is 14.2. The van der Waals surface area contributed by atoms with Crippen LogP contribution in [0.2, 0.25) is 5.02 Å². The number of halogens is 1. The number of amides is 2. The van der Waals surface area contributed by atoms with E-state index in [9.17, 15) is 18.0 Å². The number of nitrogens with zero attached hydrogens (tertiary/aromatic N) is 2. The maximum Gasteiger partial charge on any atom is 0.265 e. The standard InChI is InChI=1S/C38H44ClN3O7S/c1-7-27(3)40-38(44)33(21-28-11-9-8-10-12-28)41(24-29-15-13-26(2)14-16-29)37(43)25-42(32-22-30(39)17-19-34(32)47-4)50(45,46)31-18-20-35(48-5)36(23-31)49-6/h8-20,22-23,27,33H,7,21,24-25H2,1-6H3,(H,40,44)/t27-,33+/m0/s1. The van der Waals surface area contributed by atoms with Crippen LogP contribution in [-0.4, -0.2) is 65.1 Å². The summed E-state index contributed by atoms with van der Waals surface area (Å²) in [5.41, 5.74) is 2.68. The first-order valence-electron chi connectivity index (χ1n) is 16.2. The predicted molar refractivity (Wildman–Crippen MR) is 196 cm³/mol. The van der Waals surface area contributed by atoms with E-state index in [0.29, 0.717) is 12.2 Å². The zero-order chi connectivity index (χ0) is 36.4. The van der Waals surface area contributed by atoms with Gasteiger partial charge in [-0.05, 0) is 61.7 Å². The highest BCUT2D eigenvalue weighted by Gasteiger charge is 2.36. The minimum atomic E-state index is -4.48. The van der Waals surface area contributed by atoms with Crippen LogP contribution >= 0.6 is 11.6 Å². The summed E-state index contributed by atoms with van der Waals surface area (Å²) >= 11 is 6.40. The molecule has 0 aliphatic heterocycles. The van der Waals surface area contributed by atoms with Crippen LogP contribution in [0.5, 0.6) is 17.2 Å². The van der Waals surface area contributed by atoms with E-state index in [2.05, 4.69) is 5.32 Å². The largest absolute Gasteiger partial charge is 0.495 e. The van der Waals surface area contributed by atoms with Gasteiger partial charge in [-0.1, -0.05) is 78.7 Å². The van der Waals surface area contributed by atoms with E-state index < -0.39 is 28.5 Å². The smallest absolute Gasteiger partial charge is 0.265 e. The lowest BCUT2D eigenvalue weighted by Gasteiger charge is -2.34. The van der Waals surface area contributed by atoms with Gasteiger partial charge in [0.25, 0.3) is 10.0 Å². The Kier molecular flexibility index (Phi) is 13.1. The molecule has 0 saturated carbocycles. The van der Waals surface area contributed by atoms with Gasteiger partial charge in [0.2, 0.25) is 11.8 Å². The molecule has 0 radical (unpaired) electrons. The van der Waals surface area contributed by atoms with Gasteiger partial charge in [-0.3, -0.25) is 13.9 Å². The third-order valence-electron chi connectivity index (χ3n) is 8.38. The number of benzene rings is 4. The Bertz CT molecular complexity index is 1870. The Morgan fingerprint density at radius 1 is 0.820 bits per heavy atom. The van der Waals surface area contributed by atoms with Crippen molar-refractivity contribution in [2.45, 2.75) is 57.1 Å². The number of hydrogen-bond donors (Lipinski definition) is 1. The van der Waals surface area contributed by atoms with E-state index >= 15 is 0 Å². The Morgan fingerprint density at radius 2 is 1.46 bits per heavy atom. The topological polar surface area (TPSA) is 114 Å². The van der Waals surface area contributed by atoms with Gasteiger partial charge in [0.15, 0.2) is 11.5 Å². The number of nitrogens with one attached hydrogen (secondary N) is 1. The normalized spacial score (nSPS) is 12.4. The van der Waals surface area contributed by atoms with Crippen molar-refractivity contribution in [3.63, 3.8) is 0 Å². The van der Waals surface area contributed by atoms with Gasteiger partial charge in [0, 0.05) is 30.1 Å². The molecule has 1 N–H and O–H groups in total. The predicted octanol–water partition coefficient (Wildman–Crippen LogP) is 6.42. The summed E-state index contributed by atoms with van der Waals surface area (Å²) in [7, 11) is -0.245. The summed E-state index contributed by atoms with van der Waals surface area (Å²) in [4.78, 5) is 30.1. The molecule has 2 amide bonds. The van der Waals surface area contributed by atoms with Gasteiger partial charge in [0.1, 0.15) is 18.3 Å². The van der Waals surface area contributed by atoms with Crippen LogP contribution in [-0.2, 0) is 32.6 Å². The minimum Gasteiger partial charge on any atom is -0.495 e. The molecular formula is C38H44ClN3O7S. The molecule has 10 nitrogen and oxygen atoms in total. The first-order valence-corrected chi connectivity index (χ1v) is 18.0. The van der Waals surface area contributed by atoms with Crippen molar-refractivity contribution in [1.82, 2.24) is 10.2 Å². The lowest BCUT2D eigenvalue weighted by atomic mass is 10.0. The molecule has 0 unspecified atom stereocenters. The van der Waals surface area contributed by atoms with Crippen LogP contribution in [0.25, 0.3) is 0 Å². The molecule has 4 aromatic carbocycles. The summed E-state index contributed by atoms with van der Waals surface area (Å²) in [5.74, 6) is -0.278. The summed E-state index contributed by atoms with van der Waals surface area (Å²) < 4.78 is 46.4. The molecule has 50 heavy (non-hydrogen) atoms. The van der Waals surface area contributed by atoms with Crippen molar-refractivity contribution in [1.29, 1.82) is 0 Å². The van der Waals surface area contributed by atoms with Crippen LogP contribution in [0.15, 0.2) is 95.9 Å². The second kappa shape index (κ2) is 17.3. The van der Waals surface area contributed by atoms with Crippen molar-refractivity contribution in [2.24, 2.45) is 0 Å². The minimum absolute atomic E-state index is 0.0431. The fourth-order valence-electron chi connectivity index (χ4n) is 5.36. The third kappa shape index (κ3) is 9.28. The molecule has 4 aromatic rings. The lowest BCUT2D eigenvalue weighted by Crippen LogP contribution is -2.54. The number of methoxy groups -OCH3 is 3. The average Bonchev–Trinajstić information content (AvgIpc) is 3.12. The number of carbonyl (C=O) groups excluding carboxylic acids is 2. The highest BCUT2D eigenvalue weighted by atomic mass is 35.5. The summed E-state index contributed by atoms with van der Waals surface area (Å²) in [6, 6.07) is 24.6. The van der Waals surface area contributed by atoms with E-state index in [-0.39, 0.29) is 52.0 Å². The SMILES string of the molecule is CC[C@H](C)NC(=O)[C@@H](Cc1ccccc1)N(Cc1ccc(C)cc1)C(=O)CN(c1cc(Cl)ccc1OC)S(=O)(=O)c1ccc(OC)c(OC)c1. The molecule has 0 aromatic heterocycles. The number of carbonyl (C=O) groups is 2. The zero-order valence-corrected chi connectivity index (χ0v) is 30.8. The van der Waals surface area contributed by atoms with Crippen LogP contribution in [0.1, 0.15) is 37.0 Å². The first-order chi connectivity index (χ1) is 23.9. The molecular weight excluding hydrogens is 678 g/mol. The maximum absolute atomic E-state index is 14.8. The van der Waals surface area contributed by atoms with E-state index in [1.165, 1.54) is 56.6 Å². The quantitative estimate of drug-likeness (QED) is 0.142. The Balaban J connectivity index is 1.88. The van der Waals surface area contributed by atoms with Crippen LogP contribution in [0, 0.1) is 6.92 Å². The molecule has 0 bridgehead atoms. The van der Waals surface area contributed by atoms with Crippen molar-refractivity contribution >= 4 is 39.1 Å². The highest BCUT2D eigenvalue weighted by molar-refractivity contribution is 7.92. The average molecular weight is 722 g/mol. The Morgan fingerprint density at radius 3 is 2.08 bits per heavy atom. The maximum atomic E-state index is 14.8. The number of hydrogen-bond acceptors (Lipinski definition) is 7. The molecule has 266 valence electrons. The summed E-state index contributed by atoms with van der Waals surface area (Å²) in [5, 5.41) is 3.27. The van der Waals surface area contributed by atoms with E-state index in [1.54, 1.807) is 6.07 Å². The first kappa shape index (κ1) is 38.1. The van der Waals surface area contributed by atoms with Crippen LogP contribution in [0.4, 0.5) is 5.69 Å². The van der Waals surface area contributed by atoms with Crippen molar-refractivity contribution in [3.05, 3.63) is 113 Å². The zero-order valence-electron chi connectivity index (χ0n) is 29.2. The van der Waals surface area contributed by atoms with Gasteiger partial charge >= 0.3 is 0 Å². The molecule has 4 rings (SSSR count). The Hall–Kier alpha value is -4.74. The number of aryl methyl sites for hydroxylation is 1. The highest BCUT2D eigenvalue weighted by Crippen LogP contribution is 2.37. The van der Waals surface area contributed by atoms with E-state index in [1.807, 2.05) is 75.4 Å². The molecule has 2 atom stereocenters. The van der Waals surface area contributed by atoms with Gasteiger partial charge < -0.3 is 24.4 Å². The van der Waals surface area contributed by atoms with Crippen LogP contribution < -0.4 is 23.8 Å². The van der Waals surface area contributed by atoms with Gasteiger partial charge in [-0.15, -0.1) is 0 Å². The van der Waals surface area contributed by atoms with Gasteiger partial charge in [-0.2, -0.15) is 0 Å². The molecule has 0 spiro atoms. The number of sulfonamides is 1. The van der Waals surface area contributed by atoms with Crippen molar-refractivity contribution in [2.75, 3.05) is 32.2 Å². The fourth-order valence-corrected chi connectivity index (χ4v) is 6.96. The molecule has 12 heteroatoms. The van der Waals surface area contributed by atoms with Crippen molar-refractivity contribution in [3.8, 4) is 17.2 Å². The van der Waals surface area contributed by atoms with Gasteiger partial charge in [0.05, 0.1) is 31.9 Å². The molecule has 0 aliphatic rings. The van der Waals surface area contributed by atoms with E-state index in [4.69, 9.17) is 25.8 Å². The second-order valence-electron chi connectivity index (χ2n) is 11.9. The molecule has 0 aliphatic carbocycles. The Labute approximate surface area is 300 Å². The monoisotopic (exact) mass is 721 g/mol. The molecule has 0 heterocycles.